The minimum absolute atomic E-state index is 0.139. The third kappa shape index (κ3) is 6.08. The van der Waals surface area contributed by atoms with E-state index in [1.54, 1.807) is 18.5 Å². The average Bonchev–Trinajstić information content (AvgIpc) is 3.32. The van der Waals surface area contributed by atoms with Crippen LogP contribution in [0.1, 0.15) is 59.9 Å². The van der Waals surface area contributed by atoms with Gasteiger partial charge in [0.15, 0.2) is 0 Å². The fourth-order valence-electron chi connectivity index (χ4n) is 5.30. The normalized spacial score (nSPS) is 17.8. The molecule has 1 fully saturated rings. The number of aromatic nitrogens is 3. The predicted molar refractivity (Wildman–Crippen MR) is 146 cm³/mol. The molecular formula is C28H37ClN6O. The quantitative estimate of drug-likeness (QED) is 0.444. The molecule has 1 saturated carbocycles. The fraction of sp³-hybridized carbons (Fsp3) is 0.464. The number of nitrogens with zero attached hydrogens (tertiary/aromatic N) is 5. The Balaban J connectivity index is 1.47. The average molecular weight is 509 g/mol. The highest BCUT2D eigenvalue weighted by atomic mass is 35.5. The maximum atomic E-state index is 13.3. The van der Waals surface area contributed by atoms with E-state index >= 15 is 0 Å². The third-order valence-corrected chi connectivity index (χ3v) is 7.58. The number of pyridine rings is 1. The Hall–Kier alpha value is -2.90. The molecule has 7 nitrogen and oxygen atoms in total. The van der Waals surface area contributed by atoms with Gasteiger partial charge in [0.2, 0.25) is 0 Å². The number of hydrogen-bond donors (Lipinski definition) is 1. The summed E-state index contributed by atoms with van der Waals surface area (Å²) in [5, 5.41) is 3.64. The monoisotopic (exact) mass is 508 g/mol. The van der Waals surface area contributed by atoms with Crippen LogP contribution in [-0.2, 0) is 13.1 Å². The summed E-state index contributed by atoms with van der Waals surface area (Å²) in [6.07, 6.45) is 11.9. The number of carbonyl (C=O) groups is 1. The Morgan fingerprint density at radius 3 is 2.58 bits per heavy atom. The molecule has 0 spiro atoms. The van der Waals surface area contributed by atoms with Crippen LogP contribution in [0, 0.1) is 6.92 Å². The fourth-order valence-corrected chi connectivity index (χ4v) is 5.52. The lowest BCUT2D eigenvalue weighted by Gasteiger charge is -2.40. The topological polar surface area (TPSA) is 66.3 Å². The zero-order chi connectivity index (χ0) is 25.7. The second-order valence-electron chi connectivity index (χ2n) is 9.82. The first-order chi connectivity index (χ1) is 17.4. The summed E-state index contributed by atoms with van der Waals surface area (Å²) in [7, 11) is 4.33. The molecule has 0 aliphatic heterocycles. The van der Waals surface area contributed by atoms with Gasteiger partial charge in [-0.15, -0.1) is 0 Å². The molecule has 36 heavy (non-hydrogen) atoms. The molecule has 0 saturated heterocycles. The summed E-state index contributed by atoms with van der Waals surface area (Å²) in [6.45, 7) is 6.07. The largest absolute Gasteiger partial charge is 0.369 e. The van der Waals surface area contributed by atoms with Gasteiger partial charge in [-0.1, -0.05) is 17.7 Å². The first-order valence-corrected chi connectivity index (χ1v) is 13.2. The number of hydrogen-bond acceptors (Lipinski definition) is 5. The molecule has 1 aliphatic rings. The van der Waals surface area contributed by atoms with E-state index in [9.17, 15) is 4.79 Å². The number of rotatable bonds is 9. The summed E-state index contributed by atoms with van der Waals surface area (Å²) in [5.74, 6) is 0.652. The highest BCUT2D eigenvalue weighted by Crippen LogP contribution is 2.34. The molecule has 0 unspecified atom stereocenters. The van der Waals surface area contributed by atoms with Crippen LogP contribution in [0.25, 0.3) is 0 Å². The minimum atomic E-state index is -0.139. The smallest absolute Gasteiger partial charge is 0.252 e. The molecule has 1 aliphatic carbocycles. The van der Waals surface area contributed by atoms with E-state index in [0.29, 0.717) is 35.8 Å². The number of anilines is 1. The number of nitrogens with one attached hydrogen (secondary N) is 1. The van der Waals surface area contributed by atoms with Gasteiger partial charge in [0.1, 0.15) is 5.82 Å². The van der Waals surface area contributed by atoms with Gasteiger partial charge in [-0.05, 0) is 83.0 Å². The van der Waals surface area contributed by atoms with Gasteiger partial charge in [-0.25, -0.2) is 4.98 Å². The SMILES string of the molecule is CCN(c1cc(Cl)cc(C(=O)NCc2nccn2Cc2cccnc2)c1C)[C@H]1CC[C@H](N(C)C)CC1. The van der Waals surface area contributed by atoms with Crippen molar-refractivity contribution >= 4 is 23.2 Å². The molecule has 2 heterocycles. The van der Waals surface area contributed by atoms with Crippen LogP contribution in [0.15, 0.2) is 49.1 Å². The minimum Gasteiger partial charge on any atom is -0.369 e. The van der Waals surface area contributed by atoms with Crippen LogP contribution in [0.4, 0.5) is 5.69 Å². The molecule has 3 aromatic rings. The molecule has 1 aromatic carbocycles. The highest BCUT2D eigenvalue weighted by Gasteiger charge is 2.28. The van der Waals surface area contributed by atoms with Crippen molar-refractivity contribution in [3.63, 3.8) is 0 Å². The summed E-state index contributed by atoms with van der Waals surface area (Å²) in [4.78, 5) is 26.7. The molecule has 8 heteroatoms. The Morgan fingerprint density at radius 2 is 1.92 bits per heavy atom. The van der Waals surface area contributed by atoms with Gasteiger partial charge >= 0.3 is 0 Å². The number of carbonyl (C=O) groups excluding carboxylic acids is 1. The summed E-state index contributed by atoms with van der Waals surface area (Å²) < 4.78 is 2.02. The zero-order valence-electron chi connectivity index (χ0n) is 21.7. The Kier molecular flexibility index (Phi) is 8.64. The van der Waals surface area contributed by atoms with Crippen molar-refractivity contribution in [1.82, 2.24) is 24.8 Å². The lowest BCUT2D eigenvalue weighted by atomic mass is 9.89. The van der Waals surface area contributed by atoms with E-state index < -0.39 is 0 Å². The van der Waals surface area contributed by atoms with Crippen LogP contribution in [0.5, 0.6) is 0 Å². The van der Waals surface area contributed by atoms with Gasteiger partial charge < -0.3 is 19.7 Å². The second kappa shape index (κ2) is 11.9. The first-order valence-electron chi connectivity index (χ1n) is 12.8. The van der Waals surface area contributed by atoms with Crippen molar-refractivity contribution in [3.05, 3.63) is 76.6 Å². The number of halogens is 1. The number of imidazole rings is 1. The molecule has 192 valence electrons. The predicted octanol–water partition coefficient (Wildman–Crippen LogP) is 4.92. The first kappa shape index (κ1) is 26.2. The van der Waals surface area contributed by atoms with Crippen molar-refractivity contribution in [1.29, 1.82) is 0 Å². The second-order valence-corrected chi connectivity index (χ2v) is 10.3. The van der Waals surface area contributed by atoms with Crippen molar-refractivity contribution < 1.29 is 4.79 Å². The molecule has 4 rings (SSSR count). The van der Waals surface area contributed by atoms with Crippen molar-refractivity contribution in [2.75, 3.05) is 25.5 Å². The van der Waals surface area contributed by atoms with E-state index in [-0.39, 0.29) is 5.91 Å². The molecule has 1 amide bonds. The van der Waals surface area contributed by atoms with Crippen molar-refractivity contribution in [2.45, 2.75) is 64.7 Å². The van der Waals surface area contributed by atoms with Crippen molar-refractivity contribution in [3.8, 4) is 0 Å². The van der Waals surface area contributed by atoms with Gasteiger partial charge in [-0.2, -0.15) is 0 Å². The number of amides is 1. The van der Waals surface area contributed by atoms with Gasteiger partial charge in [-0.3, -0.25) is 9.78 Å². The lowest BCUT2D eigenvalue weighted by molar-refractivity contribution is 0.0949. The molecule has 0 bridgehead atoms. The highest BCUT2D eigenvalue weighted by molar-refractivity contribution is 6.31. The molecule has 2 aromatic heterocycles. The maximum Gasteiger partial charge on any atom is 0.252 e. The van der Waals surface area contributed by atoms with E-state index in [1.165, 1.54) is 12.8 Å². The maximum absolute atomic E-state index is 13.3. The third-order valence-electron chi connectivity index (χ3n) is 7.36. The Morgan fingerprint density at radius 1 is 1.17 bits per heavy atom. The molecule has 0 atom stereocenters. The van der Waals surface area contributed by atoms with E-state index in [4.69, 9.17) is 11.6 Å². The standard InChI is InChI=1S/C28H37ClN6O/c1-5-35(24-10-8-23(9-11-24)33(3)4)26-16-22(29)15-25(20(26)2)28(36)32-18-27-31-13-14-34(27)19-21-7-6-12-30-17-21/h6-7,12-17,23-24H,5,8-11,18-19H2,1-4H3,(H,32,36)/t23-,24-. The van der Waals surface area contributed by atoms with Crippen LogP contribution < -0.4 is 10.2 Å². The van der Waals surface area contributed by atoms with Crippen LogP contribution in [0.3, 0.4) is 0 Å². The summed E-state index contributed by atoms with van der Waals surface area (Å²) in [5.41, 5.74) is 3.72. The van der Waals surface area contributed by atoms with Crippen LogP contribution in [-0.4, -0.2) is 58.1 Å². The van der Waals surface area contributed by atoms with E-state index in [1.807, 2.05) is 42.1 Å². The molecule has 1 N–H and O–H groups in total. The molecule has 0 radical (unpaired) electrons. The van der Waals surface area contributed by atoms with Crippen LogP contribution in [0.2, 0.25) is 5.02 Å². The van der Waals surface area contributed by atoms with Gasteiger partial charge in [0, 0.05) is 59.7 Å². The Bertz CT molecular complexity index is 1150. The van der Waals surface area contributed by atoms with Crippen molar-refractivity contribution in [2.24, 2.45) is 0 Å². The number of benzene rings is 1. The van der Waals surface area contributed by atoms with Crippen LogP contribution >= 0.6 is 11.6 Å². The van der Waals surface area contributed by atoms with E-state index in [2.05, 4.69) is 46.1 Å². The zero-order valence-corrected chi connectivity index (χ0v) is 22.5. The van der Waals surface area contributed by atoms with Gasteiger partial charge in [0.25, 0.3) is 5.91 Å². The summed E-state index contributed by atoms with van der Waals surface area (Å²) in [6, 6.07) is 8.83. The van der Waals surface area contributed by atoms with Gasteiger partial charge in [0.05, 0.1) is 13.1 Å². The summed E-state index contributed by atoms with van der Waals surface area (Å²) >= 11 is 6.55. The lowest BCUT2D eigenvalue weighted by Crippen LogP contribution is -2.42. The molecular weight excluding hydrogens is 472 g/mol. The Labute approximate surface area is 219 Å². The van der Waals surface area contributed by atoms with E-state index in [0.717, 1.165) is 42.0 Å².